The van der Waals surface area contributed by atoms with Gasteiger partial charge in [0.15, 0.2) is 17.3 Å². The van der Waals surface area contributed by atoms with E-state index in [1.165, 1.54) is 0 Å². The van der Waals surface area contributed by atoms with E-state index in [0.717, 1.165) is 17.7 Å². The van der Waals surface area contributed by atoms with Crippen LogP contribution in [0.2, 0.25) is 0 Å². The Balaban J connectivity index is 2.54. The zero-order chi connectivity index (χ0) is 10.1. The summed E-state index contributed by atoms with van der Waals surface area (Å²) in [7, 11) is 1.58. The summed E-state index contributed by atoms with van der Waals surface area (Å²) in [6, 6.07) is 3.61. The van der Waals surface area contributed by atoms with E-state index in [0.29, 0.717) is 17.9 Å². The summed E-state index contributed by atoms with van der Waals surface area (Å²) < 4.78 is 10.6. The first kappa shape index (κ1) is 9.06. The lowest BCUT2D eigenvalue weighted by atomic mass is 10.1. The molecule has 0 aliphatic carbocycles. The monoisotopic (exact) mass is 192 g/mol. The van der Waals surface area contributed by atoms with Crippen molar-refractivity contribution in [3.05, 3.63) is 23.3 Å². The Morgan fingerprint density at radius 2 is 2.29 bits per heavy atom. The molecular weight excluding hydrogens is 180 g/mol. The number of carbonyl (C=O) groups is 1. The van der Waals surface area contributed by atoms with Crippen LogP contribution in [0.1, 0.15) is 22.8 Å². The summed E-state index contributed by atoms with van der Waals surface area (Å²) in [6.07, 6.45) is 0.854. The maximum atomic E-state index is 11.2. The highest BCUT2D eigenvalue weighted by atomic mass is 16.5. The van der Waals surface area contributed by atoms with Gasteiger partial charge in [-0.2, -0.15) is 0 Å². The minimum atomic E-state index is 0.0537. The highest BCUT2D eigenvalue weighted by Gasteiger charge is 2.19. The van der Waals surface area contributed by atoms with Crippen molar-refractivity contribution in [1.29, 1.82) is 0 Å². The lowest BCUT2D eigenvalue weighted by Crippen LogP contribution is -1.96. The Morgan fingerprint density at radius 3 is 2.93 bits per heavy atom. The summed E-state index contributed by atoms with van der Waals surface area (Å²) in [5, 5.41) is 0. The fraction of sp³-hybridized carbons (Fsp3) is 0.364. The quantitative estimate of drug-likeness (QED) is 0.670. The van der Waals surface area contributed by atoms with Crippen LogP contribution in [0.25, 0.3) is 0 Å². The molecule has 1 aliphatic heterocycles. The molecule has 0 saturated carbocycles. The maximum Gasteiger partial charge on any atom is 0.164 e. The van der Waals surface area contributed by atoms with E-state index < -0.39 is 0 Å². The first-order chi connectivity index (χ1) is 6.72. The molecule has 1 aromatic carbocycles. The molecule has 1 aliphatic rings. The number of hydrogen-bond donors (Lipinski definition) is 0. The molecule has 0 amide bonds. The predicted molar refractivity (Wildman–Crippen MR) is 52.2 cm³/mol. The van der Waals surface area contributed by atoms with Gasteiger partial charge in [0.1, 0.15) is 0 Å². The SMILES string of the molecule is COc1cc(C(C)=O)cc2c1OCC2. The number of carbonyl (C=O) groups excluding carboxylic acids is 1. The van der Waals surface area contributed by atoms with E-state index in [2.05, 4.69) is 0 Å². The third-order valence-electron chi connectivity index (χ3n) is 2.38. The summed E-state index contributed by atoms with van der Waals surface area (Å²) in [5.74, 6) is 1.50. The molecule has 0 atom stereocenters. The van der Waals surface area contributed by atoms with Crippen LogP contribution < -0.4 is 9.47 Å². The molecule has 0 saturated heterocycles. The predicted octanol–water partition coefficient (Wildman–Crippen LogP) is 1.83. The van der Waals surface area contributed by atoms with Crippen molar-refractivity contribution in [2.75, 3.05) is 13.7 Å². The third-order valence-corrected chi connectivity index (χ3v) is 2.38. The molecule has 0 N–H and O–H groups in total. The molecule has 0 bridgehead atoms. The van der Waals surface area contributed by atoms with Gasteiger partial charge in [-0.15, -0.1) is 0 Å². The van der Waals surface area contributed by atoms with Gasteiger partial charge in [-0.25, -0.2) is 0 Å². The number of fused-ring (bicyclic) bond motifs is 1. The molecule has 0 spiro atoms. The van der Waals surface area contributed by atoms with Crippen LogP contribution in [0.5, 0.6) is 11.5 Å². The zero-order valence-corrected chi connectivity index (χ0v) is 8.29. The first-order valence-electron chi connectivity index (χ1n) is 4.57. The van der Waals surface area contributed by atoms with Crippen molar-refractivity contribution in [1.82, 2.24) is 0 Å². The molecule has 0 unspecified atom stereocenters. The number of methoxy groups -OCH3 is 1. The molecular formula is C11H12O3. The van der Waals surface area contributed by atoms with Gasteiger partial charge in [-0.3, -0.25) is 4.79 Å². The fourth-order valence-corrected chi connectivity index (χ4v) is 1.63. The minimum Gasteiger partial charge on any atom is -0.493 e. The fourth-order valence-electron chi connectivity index (χ4n) is 1.63. The van der Waals surface area contributed by atoms with Crippen molar-refractivity contribution in [2.24, 2.45) is 0 Å². The van der Waals surface area contributed by atoms with Crippen LogP contribution in [0.3, 0.4) is 0 Å². The van der Waals surface area contributed by atoms with Crippen molar-refractivity contribution < 1.29 is 14.3 Å². The van der Waals surface area contributed by atoms with Crippen LogP contribution in [0.4, 0.5) is 0 Å². The first-order valence-corrected chi connectivity index (χ1v) is 4.57. The van der Waals surface area contributed by atoms with Crippen LogP contribution in [-0.2, 0) is 6.42 Å². The summed E-state index contributed by atoms with van der Waals surface area (Å²) in [6.45, 7) is 2.23. The topological polar surface area (TPSA) is 35.5 Å². The number of benzene rings is 1. The summed E-state index contributed by atoms with van der Waals surface area (Å²) in [5.41, 5.74) is 1.75. The number of ketones is 1. The smallest absolute Gasteiger partial charge is 0.164 e. The molecule has 3 nitrogen and oxygen atoms in total. The van der Waals surface area contributed by atoms with E-state index in [-0.39, 0.29) is 5.78 Å². The van der Waals surface area contributed by atoms with E-state index in [1.807, 2.05) is 6.07 Å². The zero-order valence-electron chi connectivity index (χ0n) is 8.29. The van der Waals surface area contributed by atoms with Gasteiger partial charge in [0.2, 0.25) is 0 Å². The normalized spacial score (nSPS) is 13.3. The van der Waals surface area contributed by atoms with Gasteiger partial charge in [-0.05, 0) is 19.1 Å². The van der Waals surface area contributed by atoms with Crippen LogP contribution in [-0.4, -0.2) is 19.5 Å². The Kier molecular flexibility index (Phi) is 2.15. The Morgan fingerprint density at radius 1 is 1.50 bits per heavy atom. The van der Waals surface area contributed by atoms with Crippen molar-refractivity contribution in [2.45, 2.75) is 13.3 Å². The molecule has 0 aromatic heterocycles. The van der Waals surface area contributed by atoms with Gasteiger partial charge < -0.3 is 9.47 Å². The second kappa shape index (κ2) is 3.33. The van der Waals surface area contributed by atoms with Gasteiger partial charge >= 0.3 is 0 Å². The van der Waals surface area contributed by atoms with E-state index in [4.69, 9.17) is 9.47 Å². The van der Waals surface area contributed by atoms with Crippen LogP contribution in [0, 0.1) is 0 Å². The Hall–Kier alpha value is -1.51. The van der Waals surface area contributed by atoms with Crippen molar-refractivity contribution in [3.8, 4) is 11.5 Å². The Bertz CT molecular complexity index is 382. The lowest BCUT2D eigenvalue weighted by Gasteiger charge is -2.08. The minimum absolute atomic E-state index is 0.0537. The van der Waals surface area contributed by atoms with Gasteiger partial charge in [0, 0.05) is 17.5 Å². The van der Waals surface area contributed by atoms with E-state index in [9.17, 15) is 4.79 Å². The van der Waals surface area contributed by atoms with E-state index >= 15 is 0 Å². The molecule has 0 radical (unpaired) electrons. The van der Waals surface area contributed by atoms with Crippen molar-refractivity contribution in [3.63, 3.8) is 0 Å². The summed E-state index contributed by atoms with van der Waals surface area (Å²) in [4.78, 5) is 11.2. The number of ether oxygens (including phenoxy) is 2. The van der Waals surface area contributed by atoms with Gasteiger partial charge in [-0.1, -0.05) is 0 Å². The van der Waals surface area contributed by atoms with E-state index in [1.54, 1.807) is 20.1 Å². The third kappa shape index (κ3) is 1.35. The molecule has 14 heavy (non-hydrogen) atoms. The number of Topliss-reactive ketones (excluding diaryl/α,β-unsaturated/α-hetero) is 1. The van der Waals surface area contributed by atoms with Gasteiger partial charge in [0.25, 0.3) is 0 Å². The van der Waals surface area contributed by atoms with Gasteiger partial charge in [0.05, 0.1) is 13.7 Å². The standard InChI is InChI=1S/C11H12O3/c1-7(12)9-5-8-3-4-14-11(8)10(6-9)13-2/h5-6H,3-4H2,1-2H3. The van der Waals surface area contributed by atoms with Crippen molar-refractivity contribution >= 4 is 5.78 Å². The molecule has 1 heterocycles. The molecule has 2 rings (SSSR count). The average Bonchev–Trinajstić information content (AvgIpc) is 2.63. The van der Waals surface area contributed by atoms with Crippen LogP contribution in [0.15, 0.2) is 12.1 Å². The summed E-state index contributed by atoms with van der Waals surface area (Å²) >= 11 is 0. The Labute approximate surface area is 82.6 Å². The molecule has 3 heteroatoms. The number of hydrogen-bond acceptors (Lipinski definition) is 3. The second-order valence-electron chi connectivity index (χ2n) is 3.32. The van der Waals surface area contributed by atoms with Crippen LogP contribution >= 0.6 is 0 Å². The molecule has 1 aromatic rings. The lowest BCUT2D eigenvalue weighted by molar-refractivity contribution is 0.101. The molecule has 74 valence electrons. The maximum absolute atomic E-state index is 11.2. The highest BCUT2D eigenvalue weighted by molar-refractivity contribution is 5.95. The highest BCUT2D eigenvalue weighted by Crippen LogP contribution is 2.36. The molecule has 0 fully saturated rings. The second-order valence-corrected chi connectivity index (χ2v) is 3.32. The number of rotatable bonds is 2. The largest absolute Gasteiger partial charge is 0.493 e. The average molecular weight is 192 g/mol.